The first kappa shape index (κ1) is 27.6. The lowest BCUT2D eigenvalue weighted by molar-refractivity contribution is 0.114. The topological polar surface area (TPSA) is 49.2 Å². The number of likely N-dealkylation sites (N-methyl/N-ethyl adjacent to an activating group) is 1. The van der Waals surface area contributed by atoms with Crippen LogP contribution in [0.15, 0.2) is 42.7 Å². The Hall–Kier alpha value is -2.48. The highest BCUT2D eigenvalue weighted by molar-refractivity contribution is 6.62. The maximum Gasteiger partial charge on any atom is 0.246 e. The van der Waals surface area contributed by atoms with E-state index in [1.165, 1.54) is 23.1 Å². The molecule has 0 bridgehead atoms. The van der Waals surface area contributed by atoms with Crippen molar-refractivity contribution < 1.29 is 8.78 Å². The van der Waals surface area contributed by atoms with Gasteiger partial charge in [-0.05, 0) is 70.7 Å². The largest absolute Gasteiger partial charge is 0.391 e. The summed E-state index contributed by atoms with van der Waals surface area (Å²) in [6, 6.07) is 9.67. The number of hydrogen-bond donors (Lipinski definition) is 1. The first-order valence-corrected chi connectivity index (χ1v) is 12.9. The number of rotatable bonds is 5. The third-order valence-electron chi connectivity index (χ3n) is 8.96. The normalized spacial score (nSPS) is 19.9. The number of aryl methyl sites for hydroxylation is 1. The fraction of sp³-hybridized carbons (Fsp3) is 0.333. The molecule has 4 rings (SSSR count). The van der Waals surface area contributed by atoms with Crippen LogP contribution >= 0.6 is 0 Å². The van der Waals surface area contributed by atoms with E-state index in [0.29, 0.717) is 5.95 Å². The van der Waals surface area contributed by atoms with Crippen molar-refractivity contribution in [3.63, 3.8) is 0 Å². The molecule has 2 aromatic carbocycles. The SMILES string of the molecule is BC1(B)N(CC)C(B)(B)C(B)(B)N(c2cc(C)cc(Nc3ncn(-c4cc(F)cc(F)c4)n3)c2)C1(B)B. The van der Waals surface area contributed by atoms with Gasteiger partial charge in [-0.15, -0.1) is 5.10 Å². The minimum absolute atomic E-state index is 0.112. The first-order valence-electron chi connectivity index (χ1n) is 12.9. The highest BCUT2D eigenvalue weighted by Crippen LogP contribution is 2.45. The average Bonchev–Trinajstić information content (AvgIpc) is 3.20. The molecule has 16 heteroatoms. The highest BCUT2D eigenvalue weighted by Gasteiger charge is 2.61. The Morgan fingerprint density at radius 3 is 1.89 bits per heavy atom. The number of nitrogens with one attached hydrogen (secondary N) is 1. The van der Waals surface area contributed by atoms with Gasteiger partial charge in [0.25, 0.3) is 0 Å². The second-order valence-electron chi connectivity index (χ2n) is 12.1. The summed E-state index contributed by atoms with van der Waals surface area (Å²) in [6.07, 6.45) is 1.44. The van der Waals surface area contributed by atoms with Gasteiger partial charge in [0.15, 0.2) is 0 Å². The molecule has 2 heterocycles. The highest BCUT2D eigenvalue weighted by atomic mass is 19.1. The van der Waals surface area contributed by atoms with E-state index in [4.69, 9.17) is 0 Å². The summed E-state index contributed by atoms with van der Waals surface area (Å²) in [5.74, 6) is -0.985. The Morgan fingerprint density at radius 2 is 1.35 bits per heavy atom. The quantitative estimate of drug-likeness (QED) is 0.363. The van der Waals surface area contributed by atoms with Gasteiger partial charge >= 0.3 is 0 Å². The summed E-state index contributed by atoms with van der Waals surface area (Å²) in [4.78, 5) is 9.50. The molecule has 0 atom stereocenters. The lowest BCUT2D eigenvalue weighted by Crippen LogP contribution is -2.92. The molecule has 37 heavy (non-hydrogen) atoms. The van der Waals surface area contributed by atoms with Gasteiger partial charge in [0, 0.05) is 17.4 Å². The maximum atomic E-state index is 13.7. The molecule has 1 aliphatic rings. The lowest BCUT2D eigenvalue weighted by Gasteiger charge is -2.75. The van der Waals surface area contributed by atoms with Crippen LogP contribution in [0.2, 0.25) is 0 Å². The molecule has 0 unspecified atom stereocenters. The van der Waals surface area contributed by atoms with Crippen molar-refractivity contribution in [1.82, 2.24) is 19.7 Å². The molecule has 1 fully saturated rings. The molecular weight excluding hydrogens is 461 g/mol. The van der Waals surface area contributed by atoms with Gasteiger partial charge in [-0.1, -0.05) is 6.92 Å². The van der Waals surface area contributed by atoms with E-state index in [1.807, 2.05) is 6.07 Å². The number of piperazine rings is 1. The summed E-state index contributed by atoms with van der Waals surface area (Å²) < 4.78 is 28.7. The number of nitrogens with zero attached hydrogens (tertiary/aromatic N) is 5. The Bertz CT molecular complexity index is 1280. The van der Waals surface area contributed by atoms with Gasteiger partial charge < -0.3 is 15.1 Å². The summed E-state index contributed by atoms with van der Waals surface area (Å²) in [5.41, 5.74) is 3.33. The number of halogens is 2. The molecule has 0 spiro atoms. The number of benzene rings is 2. The monoisotopic (exact) mass is 494 g/mol. The number of aromatic nitrogens is 3. The van der Waals surface area contributed by atoms with Gasteiger partial charge in [0.1, 0.15) is 80.7 Å². The molecule has 6 nitrogen and oxygen atoms in total. The van der Waals surface area contributed by atoms with E-state index in [2.05, 4.69) is 114 Å². The predicted molar refractivity (Wildman–Crippen MR) is 170 cm³/mol. The van der Waals surface area contributed by atoms with Gasteiger partial charge in [-0.2, -0.15) is 4.98 Å². The lowest BCUT2D eigenvalue weighted by atomic mass is 9.26. The third kappa shape index (κ3) is 4.45. The van der Waals surface area contributed by atoms with Gasteiger partial charge in [0.05, 0.1) is 5.69 Å². The van der Waals surface area contributed by atoms with Crippen LogP contribution in [-0.4, -0.2) is 110 Å². The maximum absolute atomic E-state index is 13.7. The zero-order valence-corrected chi connectivity index (χ0v) is 23.7. The van der Waals surface area contributed by atoms with E-state index in [0.717, 1.165) is 29.5 Å². The minimum atomic E-state index is -0.664. The second-order valence-corrected chi connectivity index (χ2v) is 12.1. The zero-order chi connectivity index (χ0) is 27.6. The smallest absolute Gasteiger partial charge is 0.246 e. The van der Waals surface area contributed by atoms with Crippen molar-refractivity contribution in [3.05, 3.63) is 59.9 Å². The first-order chi connectivity index (χ1) is 17.0. The molecule has 1 aromatic heterocycles. The summed E-state index contributed by atoms with van der Waals surface area (Å²) in [6.45, 7) is 5.28. The predicted octanol–water partition coefficient (Wildman–Crippen LogP) is -4.58. The fourth-order valence-electron chi connectivity index (χ4n) is 6.25. The molecule has 184 valence electrons. The van der Waals surface area contributed by atoms with Crippen molar-refractivity contribution >= 4 is 80.1 Å². The zero-order valence-electron chi connectivity index (χ0n) is 23.7. The Kier molecular flexibility index (Phi) is 6.75. The van der Waals surface area contributed by atoms with Crippen molar-refractivity contribution in [1.29, 1.82) is 0 Å². The standard InChI is InChI=1S/C21H32B8F2N6/c1-3-36-18(22,23)20(26,27)37(21(28,29)19(36,24)25)16-5-11(2)4-14(9-16)33-17-32-10-35(34-17)15-7-12(30)6-13(31)8-15/h4-10H,3,22-29H2,1-2H3,(H,33,34). The van der Waals surface area contributed by atoms with E-state index in [9.17, 15) is 8.78 Å². The molecule has 1 aliphatic heterocycles. The second kappa shape index (κ2) is 9.07. The minimum Gasteiger partial charge on any atom is -0.391 e. The molecule has 0 aliphatic carbocycles. The summed E-state index contributed by atoms with van der Waals surface area (Å²) >= 11 is 0. The molecule has 3 aromatic rings. The molecule has 0 radical (unpaired) electrons. The van der Waals surface area contributed by atoms with Crippen molar-refractivity contribution in [2.45, 2.75) is 35.2 Å². The number of hydrogen-bond acceptors (Lipinski definition) is 5. The Labute approximate surface area is 226 Å². The van der Waals surface area contributed by atoms with E-state index < -0.39 is 11.6 Å². The molecule has 0 saturated carbocycles. The fourth-order valence-corrected chi connectivity index (χ4v) is 6.25. The average molecular weight is 493 g/mol. The summed E-state index contributed by atoms with van der Waals surface area (Å²) in [5, 5.41) is 7.06. The Balaban J connectivity index is 1.73. The van der Waals surface area contributed by atoms with Gasteiger partial charge in [-0.25, -0.2) is 13.5 Å². The van der Waals surface area contributed by atoms with Crippen LogP contribution in [-0.2, 0) is 0 Å². The van der Waals surface area contributed by atoms with Crippen LogP contribution < -0.4 is 10.2 Å². The molecule has 0 amide bonds. The molecule has 1 saturated heterocycles. The van der Waals surface area contributed by atoms with Crippen molar-refractivity contribution in [3.8, 4) is 5.69 Å². The third-order valence-corrected chi connectivity index (χ3v) is 8.96. The van der Waals surface area contributed by atoms with Crippen LogP contribution in [0.1, 0.15) is 12.5 Å². The van der Waals surface area contributed by atoms with Crippen LogP contribution in [0.3, 0.4) is 0 Å². The number of anilines is 3. The summed E-state index contributed by atoms with van der Waals surface area (Å²) in [7, 11) is 18.6. The van der Waals surface area contributed by atoms with Crippen molar-refractivity contribution in [2.75, 3.05) is 16.8 Å². The van der Waals surface area contributed by atoms with Crippen LogP contribution in [0.25, 0.3) is 5.69 Å². The van der Waals surface area contributed by atoms with Gasteiger partial charge in [-0.3, -0.25) is 0 Å². The van der Waals surface area contributed by atoms with Crippen LogP contribution in [0.5, 0.6) is 0 Å². The van der Waals surface area contributed by atoms with Crippen LogP contribution in [0.4, 0.5) is 26.1 Å². The van der Waals surface area contributed by atoms with Crippen molar-refractivity contribution in [2.24, 2.45) is 0 Å². The Morgan fingerprint density at radius 1 is 0.784 bits per heavy atom. The van der Waals surface area contributed by atoms with E-state index in [-0.39, 0.29) is 27.0 Å². The molecule has 1 N–H and O–H groups in total. The van der Waals surface area contributed by atoms with E-state index >= 15 is 0 Å². The molecular formula is C21H32B8F2N6. The van der Waals surface area contributed by atoms with E-state index in [1.54, 1.807) is 0 Å². The van der Waals surface area contributed by atoms with Gasteiger partial charge in [0.2, 0.25) is 5.95 Å². The van der Waals surface area contributed by atoms with Crippen LogP contribution in [0, 0.1) is 18.6 Å².